The molecule has 6 nitrogen and oxygen atoms in total. The molecule has 2 aromatic carbocycles. The average Bonchev–Trinajstić information content (AvgIpc) is 2.56. The summed E-state index contributed by atoms with van der Waals surface area (Å²) in [7, 11) is 0. The van der Waals surface area contributed by atoms with Gasteiger partial charge in [0.15, 0.2) is 0 Å². The van der Waals surface area contributed by atoms with Crippen LogP contribution >= 0.6 is 0 Å². The van der Waals surface area contributed by atoms with Crippen molar-refractivity contribution in [2.45, 2.75) is 0 Å². The fraction of sp³-hybridized carbons (Fsp3) is 0.250. The molecule has 0 radical (unpaired) electrons. The van der Waals surface area contributed by atoms with E-state index in [-0.39, 0.29) is 24.9 Å². The van der Waals surface area contributed by atoms with Gasteiger partial charge in [-0.2, -0.15) is 0 Å². The molecular formula is C16H19N3O3. The number of hydrogen-bond donors (Lipinski definition) is 3. The molecule has 0 aliphatic heterocycles. The topological polar surface area (TPSA) is 93.5 Å². The van der Waals surface area contributed by atoms with Crippen molar-refractivity contribution < 1.29 is 14.3 Å². The second-order valence-corrected chi connectivity index (χ2v) is 4.69. The van der Waals surface area contributed by atoms with Gasteiger partial charge < -0.3 is 21.1 Å². The summed E-state index contributed by atoms with van der Waals surface area (Å²) in [5, 5.41) is 7.30. The highest BCUT2D eigenvalue weighted by molar-refractivity contribution is 5.85. The van der Waals surface area contributed by atoms with Crippen molar-refractivity contribution in [2.24, 2.45) is 5.73 Å². The van der Waals surface area contributed by atoms with Crippen LogP contribution in [0.4, 0.5) is 0 Å². The average molecular weight is 301 g/mol. The first kappa shape index (κ1) is 15.8. The number of rotatable bonds is 7. The third kappa shape index (κ3) is 4.75. The van der Waals surface area contributed by atoms with Crippen molar-refractivity contribution in [3.8, 4) is 5.75 Å². The Balaban J connectivity index is 1.71. The molecule has 22 heavy (non-hydrogen) atoms. The molecule has 0 heterocycles. The molecule has 2 aromatic rings. The zero-order valence-corrected chi connectivity index (χ0v) is 12.2. The summed E-state index contributed by atoms with van der Waals surface area (Å²) >= 11 is 0. The third-order valence-corrected chi connectivity index (χ3v) is 3.05. The molecular weight excluding hydrogens is 282 g/mol. The number of hydrogen-bond acceptors (Lipinski definition) is 4. The van der Waals surface area contributed by atoms with Gasteiger partial charge in [0.25, 0.3) is 0 Å². The van der Waals surface area contributed by atoms with E-state index in [1.54, 1.807) is 0 Å². The Labute approximate surface area is 128 Å². The molecule has 2 rings (SSSR count). The first-order valence-electron chi connectivity index (χ1n) is 7.04. The lowest BCUT2D eigenvalue weighted by molar-refractivity contribution is -0.125. The van der Waals surface area contributed by atoms with Crippen LogP contribution in [-0.4, -0.2) is 38.1 Å². The molecule has 0 unspecified atom stereocenters. The van der Waals surface area contributed by atoms with Crippen LogP contribution in [0.25, 0.3) is 10.8 Å². The highest BCUT2D eigenvalue weighted by atomic mass is 16.5. The van der Waals surface area contributed by atoms with E-state index in [2.05, 4.69) is 10.6 Å². The Morgan fingerprint density at radius 2 is 1.77 bits per heavy atom. The number of benzene rings is 2. The zero-order valence-electron chi connectivity index (χ0n) is 12.2. The number of carbonyl (C=O) groups is 2. The molecule has 0 atom stereocenters. The maximum absolute atomic E-state index is 11.4. The highest BCUT2D eigenvalue weighted by Gasteiger charge is 2.03. The molecule has 0 bridgehead atoms. The van der Waals surface area contributed by atoms with Crippen molar-refractivity contribution in [1.29, 1.82) is 0 Å². The lowest BCUT2D eigenvalue weighted by Crippen LogP contribution is -2.40. The monoisotopic (exact) mass is 301 g/mol. The van der Waals surface area contributed by atoms with Crippen LogP contribution in [0.5, 0.6) is 5.75 Å². The van der Waals surface area contributed by atoms with Gasteiger partial charge in [-0.05, 0) is 22.9 Å². The Kier molecular flexibility index (Phi) is 5.73. The first-order valence-corrected chi connectivity index (χ1v) is 7.04. The molecule has 0 aromatic heterocycles. The van der Waals surface area contributed by atoms with E-state index in [1.807, 2.05) is 42.5 Å². The van der Waals surface area contributed by atoms with Gasteiger partial charge in [-0.1, -0.05) is 30.3 Å². The summed E-state index contributed by atoms with van der Waals surface area (Å²) in [6.45, 7) is 0.517. The summed E-state index contributed by atoms with van der Waals surface area (Å²) < 4.78 is 5.59. The number of ether oxygens (including phenoxy) is 1. The summed E-state index contributed by atoms with van der Waals surface area (Å²) in [6, 6.07) is 13.9. The van der Waals surface area contributed by atoms with Crippen molar-refractivity contribution in [2.75, 3.05) is 26.2 Å². The Morgan fingerprint density at radius 1 is 1.00 bits per heavy atom. The molecule has 0 fully saturated rings. The number of nitrogens with two attached hydrogens (primary N) is 1. The summed E-state index contributed by atoms with van der Waals surface area (Å²) in [4.78, 5) is 22.3. The van der Waals surface area contributed by atoms with Gasteiger partial charge in [-0.15, -0.1) is 0 Å². The predicted molar refractivity (Wildman–Crippen MR) is 84.5 cm³/mol. The van der Waals surface area contributed by atoms with Gasteiger partial charge in [0.05, 0.1) is 19.6 Å². The molecule has 4 N–H and O–H groups in total. The van der Waals surface area contributed by atoms with Crippen molar-refractivity contribution in [1.82, 2.24) is 10.6 Å². The van der Waals surface area contributed by atoms with E-state index in [0.717, 1.165) is 16.5 Å². The first-order chi connectivity index (χ1) is 10.7. The van der Waals surface area contributed by atoms with Crippen LogP contribution in [0.15, 0.2) is 42.5 Å². The van der Waals surface area contributed by atoms with E-state index in [9.17, 15) is 9.59 Å². The second-order valence-electron chi connectivity index (χ2n) is 4.69. The lowest BCUT2D eigenvalue weighted by atomic mass is 10.1. The van der Waals surface area contributed by atoms with E-state index >= 15 is 0 Å². The van der Waals surface area contributed by atoms with Gasteiger partial charge in [-0.3, -0.25) is 9.59 Å². The maximum Gasteiger partial charge on any atom is 0.239 e. The van der Waals surface area contributed by atoms with E-state index in [4.69, 9.17) is 10.5 Å². The normalized spacial score (nSPS) is 10.2. The highest BCUT2D eigenvalue weighted by Crippen LogP contribution is 2.20. The number of amides is 2. The fourth-order valence-corrected chi connectivity index (χ4v) is 1.93. The molecule has 0 aliphatic rings. The van der Waals surface area contributed by atoms with Crippen molar-refractivity contribution in [3.05, 3.63) is 42.5 Å². The van der Waals surface area contributed by atoms with E-state index in [0.29, 0.717) is 13.2 Å². The minimum atomic E-state index is -0.359. The second kappa shape index (κ2) is 7.99. The van der Waals surface area contributed by atoms with Crippen LogP contribution in [0, 0.1) is 0 Å². The van der Waals surface area contributed by atoms with Crippen LogP contribution in [0.2, 0.25) is 0 Å². The molecule has 116 valence electrons. The minimum absolute atomic E-state index is 0.0774. The van der Waals surface area contributed by atoms with E-state index in [1.165, 1.54) is 0 Å². The Morgan fingerprint density at radius 3 is 2.55 bits per heavy atom. The zero-order chi connectivity index (χ0) is 15.8. The van der Waals surface area contributed by atoms with Crippen LogP contribution in [0.3, 0.4) is 0 Å². The van der Waals surface area contributed by atoms with Gasteiger partial charge in [0.1, 0.15) is 12.4 Å². The van der Waals surface area contributed by atoms with Crippen molar-refractivity contribution in [3.63, 3.8) is 0 Å². The van der Waals surface area contributed by atoms with Gasteiger partial charge in [0.2, 0.25) is 11.8 Å². The quantitative estimate of drug-likeness (QED) is 0.646. The predicted octanol–water partition coefficient (Wildman–Crippen LogP) is 0.410. The maximum atomic E-state index is 11.4. The largest absolute Gasteiger partial charge is 0.492 e. The number of nitrogens with one attached hydrogen (secondary N) is 2. The Bertz CT molecular complexity index is 658. The van der Waals surface area contributed by atoms with Gasteiger partial charge in [-0.25, -0.2) is 0 Å². The molecule has 0 aliphatic carbocycles. The minimum Gasteiger partial charge on any atom is -0.492 e. The van der Waals surface area contributed by atoms with Gasteiger partial charge >= 0.3 is 0 Å². The number of carbonyl (C=O) groups excluding carboxylic acids is 2. The third-order valence-electron chi connectivity index (χ3n) is 3.05. The fourth-order valence-electron chi connectivity index (χ4n) is 1.93. The van der Waals surface area contributed by atoms with Crippen molar-refractivity contribution >= 4 is 22.6 Å². The molecule has 6 heteroatoms. The van der Waals surface area contributed by atoms with Crippen LogP contribution in [-0.2, 0) is 9.59 Å². The van der Waals surface area contributed by atoms with Crippen LogP contribution < -0.4 is 21.1 Å². The van der Waals surface area contributed by atoms with E-state index < -0.39 is 0 Å². The SMILES string of the molecule is NCC(=O)NCC(=O)NCCOc1ccc2ccccc2c1. The van der Waals surface area contributed by atoms with Crippen LogP contribution in [0.1, 0.15) is 0 Å². The summed E-state index contributed by atoms with van der Waals surface area (Å²) in [5.74, 6) is 0.121. The molecule has 0 spiro atoms. The number of fused-ring (bicyclic) bond motifs is 1. The standard InChI is InChI=1S/C16H19N3O3/c17-10-15(20)19-11-16(21)18-7-8-22-14-6-5-12-3-1-2-4-13(12)9-14/h1-6,9H,7-8,10-11,17H2,(H,18,21)(H,19,20). The van der Waals surface area contributed by atoms with Gasteiger partial charge in [0, 0.05) is 0 Å². The molecule has 0 saturated carbocycles. The Hall–Kier alpha value is -2.60. The molecule has 2 amide bonds. The summed E-state index contributed by atoms with van der Waals surface area (Å²) in [5.41, 5.74) is 5.12. The smallest absolute Gasteiger partial charge is 0.239 e. The summed E-state index contributed by atoms with van der Waals surface area (Å²) in [6.07, 6.45) is 0. The molecule has 0 saturated heterocycles. The lowest BCUT2D eigenvalue weighted by Gasteiger charge is -2.09.